The first kappa shape index (κ1) is 13.6. The molecule has 2 aromatic carbocycles. The number of esters is 1. The van der Waals surface area contributed by atoms with Gasteiger partial charge in [-0.15, -0.1) is 0 Å². The van der Waals surface area contributed by atoms with Gasteiger partial charge in [0.15, 0.2) is 5.75 Å². The molecule has 0 aromatic heterocycles. The largest absolute Gasteiger partial charge is 0.462 e. The Morgan fingerprint density at radius 3 is 2.30 bits per heavy atom. The number of hydrogen-bond acceptors (Lipinski definition) is 4. The zero-order valence-electron chi connectivity index (χ0n) is 10.8. The minimum absolute atomic E-state index is 0.395. The molecule has 0 spiro atoms. The molecule has 5 heteroatoms. The maximum absolute atomic E-state index is 11.5. The fraction of sp³-hybridized carbons (Fsp3) is 0.0667. The van der Waals surface area contributed by atoms with Crippen LogP contribution < -0.4 is 10.1 Å². The van der Waals surface area contributed by atoms with Crippen LogP contribution in [0.4, 0.5) is 5.69 Å². The summed E-state index contributed by atoms with van der Waals surface area (Å²) in [6.45, 7) is 0. The van der Waals surface area contributed by atoms with Gasteiger partial charge < -0.3 is 14.8 Å². The van der Waals surface area contributed by atoms with Crippen molar-refractivity contribution in [1.29, 1.82) is 0 Å². The molecule has 0 fully saturated rings. The third kappa shape index (κ3) is 3.35. The molecule has 0 bridgehead atoms. The van der Waals surface area contributed by atoms with Gasteiger partial charge in [-0.2, -0.15) is 0 Å². The average Bonchev–Trinajstić information content (AvgIpc) is 2.49. The van der Waals surface area contributed by atoms with Crippen molar-refractivity contribution >= 4 is 17.6 Å². The van der Waals surface area contributed by atoms with E-state index >= 15 is 0 Å². The number of amides is 1. The van der Waals surface area contributed by atoms with Gasteiger partial charge in [0, 0.05) is 0 Å². The van der Waals surface area contributed by atoms with Gasteiger partial charge in [0.25, 0.3) is 0 Å². The van der Waals surface area contributed by atoms with Gasteiger partial charge in [0.1, 0.15) is 5.75 Å². The van der Waals surface area contributed by atoms with Crippen LogP contribution in [0, 0.1) is 0 Å². The smallest absolute Gasteiger partial charge is 0.396 e. The van der Waals surface area contributed by atoms with Crippen molar-refractivity contribution in [1.82, 2.24) is 0 Å². The first-order valence-electron chi connectivity index (χ1n) is 5.92. The summed E-state index contributed by atoms with van der Waals surface area (Å²) in [5.41, 5.74) is 0.395. The minimum atomic E-state index is -0.959. The molecule has 102 valence electrons. The molecule has 2 aromatic rings. The molecule has 1 amide bonds. The number of anilines is 1. The maximum Gasteiger partial charge on any atom is 0.396 e. The number of carbonyl (C=O) groups is 2. The van der Waals surface area contributed by atoms with E-state index in [0.717, 1.165) is 7.11 Å². The van der Waals surface area contributed by atoms with E-state index in [1.54, 1.807) is 36.4 Å². The lowest BCUT2D eigenvalue weighted by Gasteiger charge is -2.11. The van der Waals surface area contributed by atoms with Crippen LogP contribution in [0.15, 0.2) is 54.6 Å². The lowest BCUT2D eigenvalue weighted by atomic mass is 10.3. The predicted octanol–water partition coefficient (Wildman–Crippen LogP) is 2.59. The second kappa shape index (κ2) is 6.38. The Labute approximate surface area is 116 Å². The summed E-state index contributed by atoms with van der Waals surface area (Å²) in [4.78, 5) is 22.6. The van der Waals surface area contributed by atoms with E-state index < -0.39 is 11.9 Å². The molecule has 0 aliphatic heterocycles. The molecular weight excluding hydrogens is 258 g/mol. The van der Waals surface area contributed by atoms with Gasteiger partial charge >= 0.3 is 11.9 Å². The summed E-state index contributed by atoms with van der Waals surface area (Å²) in [7, 11) is 1.15. The van der Waals surface area contributed by atoms with Crippen molar-refractivity contribution in [2.75, 3.05) is 12.4 Å². The number of para-hydroxylation sites is 3. The van der Waals surface area contributed by atoms with Gasteiger partial charge in [-0.1, -0.05) is 30.3 Å². The standard InChI is InChI=1S/C15H13NO4/c1-19-15(18)14(17)16-12-9-5-6-10-13(12)20-11-7-3-2-4-8-11/h2-10H,1H3,(H,16,17). The fourth-order valence-electron chi connectivity index (χ4n) is 1.54. The molecule has 0 radical (unpaired) electrons. The van der Waals surface area contributed by atoms with Crippen LogP contribution in [0.1, 0.15) is 0 Å². The number of nitrogens with one attached hydrogen (secondary N) is 1. The van der Waals surface area contributed by atoms with Gasteiger partial charge in [-0.3, -0.25) is 4.79 Å². The van der Waals surface area contributed by atoms with Gasteiger partial charge in [-0.25, -0.2) is 4.79 Å². The Kier molecular flexibility index (Phi) is 4.34. The molecule has 1 N–H and O–H groups in total. The monoisotopic (exact) mass is 271 g/mol. The third-order valence-electron chi connectivity index (χ3n) is 2.48. The third-order valence-corrected chi connectivity index (χ3v) is 2.48. The quantitative estimate of drug-likeness (QED) is 0.688. The van der Waals surface area contributed by atoms with Crippen molar-refractivity contribution in [3.05, 3.63) is 54.6 Å². The second-order valence-electron chi connectivity index (χ2n) is 3.86. The van der Waals surface area contributed by atoms with Crippen LogP contribution >= 0.6 is 0 Å². The number of benzene rings is 2. The zero-order valence-corrected chi connectivity index (χ0v) is 10.8. The van der Waals surface area contributed by atoms with Crippen molar-refractivity contribution in [3.63, 3.8) is 0 Å². The molecule has 0 unspecified atom stereocenters. The van der Waals surface area contributed by atoms with E-state index in [2.05, 4.69) is 10.1 Å². The SMILES string of the molecule is COC(=O)C(=O)Nc1ccccc1Oc1ccccc1. The highest BCUT2D eigenvalue weighted by atomic mass is 16.5. The number of ether oxygens (including phenoxy) is 2. The van der Waals surface area contributed by atoms with Crippen molar-refractivity contribution in [3.8, 4) is 11.5 Å². The van der Waals surface area contributed by atoms with Gasteiger partial charge in [0.2, 0.25) is 0 Å². The van der Waals surface area contributed by atoms with E-state index in [4.69, 9.17) is 4.74 Å². The molecule has 5 nitrogen and oxygen atoms in total. The lowest BCUT2D eigenvalue weighted by molar-refractivity contribution is -0.150. The van der Waals surface area contributed by atoms with Gasteiger partial charge in [-0.05, 0) is 24.3 Å². The highest BCUT2D eigenvalue weighted by Crippen LogP contribution is 2.28. The highest BCUT2D eigenvalue weighted by molar-refractivity contribution is 6.37. The first-order chi connectivity index (χ1) is 9.70. The van der Waals surface area contributed by atoms with Crippen molar-refractivity contribution < 1.29 is 19.1 Å². The molecule has 0 atom stereocenters. The minimum Gasteiger partial charge on any atom is -0.462 e. The zero-order chi connectivity index (χ0) is 14.4. The fourth-order valence-corrected chi connectivity index (χ4v) is 1.54. The van der Waals surface area contributed by atoms with E-state index in [9.17, 15) is 9.59 Å². The Morgan fingerprint density at radius 1 is 0.950 bits per heavy atom. The topological polar surface area (TPSA) is 64.6 Å². The van der Waals surface area contributed by atoms with Crippen molar-refractivity contribution in [2.45, 2.75) is 0 Å². The Hall–Kier alpha value is -2.82. The Balaban J connectivity index is 2.18. The van der Waals surface area contributed by atoms with Crippen LogP contribution in [0.2, 0.25) is 0 Å². The Bertz CT molecular complexity index is 610. The normalized spacial score (nSPS) is 9.65. The summed E-state index contributed by atoms with van der Waals surface area (Å²) in [6.07, 6.45) is 0. The van der Waals surface area contributed by atoms with E-state index in [1.165, 1.54) is 0 Å². The summed E-state index contributed by atoms with van der Waals surface area (Å²) in [5.74, 6) is -0.737. The van der Waals surface area contributed by atoms with Crippen LogP contribution in [0.5, 0.6) is 11.5 Å². The molecule has 0 heterocycles. The molecule has 2 rings (SSSR count). The van der Waals surface area contributed by atoms with Crippen LogP contribution in [-0.4, -0.2) is 19.0 Å². The molecule has 0 saturated carbocycles. The summed E-state index contributed by atoms with van der Waals surface area (Å²) in [6, 6.07) is 16.0. The number of carbonyl (C=O) groups excluding carboxylic acids is 2. The summed E-state index contributed by atoms with van der Waals surface area (Å²) >= 11 is 0. The van der Waals surface area contributed by atoms with Crippen LogP contribution in [-0.2, 0) is 14.3 Å². The molecule has 20 heavy (non-hydrogen) atoms. The summed E-state index contributed by atoms with van der Waals surface area (Å²) in [5, 5.41) is 2.44. The number of hydrogen-bond donors (Lipinski definition) is 1. The molecule has 0 aliphatic rings. The van der Waals surface area contributed by atoms with Crippen molar-refractivity contribution in [2.24, 2.45) is 0 Å². The van der Waals surface area contributed by atoms with Gasteiger partial charge in [0.05, 0.1) is 12.8 Å². The van der Waals surface area contributed by atoms with E-state index in [1.807, 2.05) is 18.2 Å². The number of methoxy groups -OCH3 is 1. The molecule has 0 aliphatic carbocycles. The van der Waals surface area contributed by atoms with E-state index in [-0.39, 0.29) is 0 Å². The lowest BCUT2D eigenvalue weighted by Crippen LogP contribution is -2.24. The summed E-state index contributed by atoms with van der Waals surface area (Å²) < 4.78 is 10.0. The van der Waals surface area contributed by atoms with E-state index in [0.29, 0.717) is 17.2 Å². The maximum atomic E-state index is 11.5. The van der Waals surface area contributed by atoms with Crippen LogP contribution in [0.3, 0.4) is 0 Å². The second-order valence-corrected chi connectivity index (χ2v) is 3.86. The number of rotatable bonds is 3. The Morgan fingerprint density at radius 2 is 1.60 bits per heavy atom. The van der Waals surface area contributed by atoms with Crippen LogP contribution in [0.25, 0.3) is 0 Å². The molecular formula is C15H13NO4. The average molecular weight is 271 g/mol. The predicted molar refractivity (Wildman–Crippen MR) is 73.6 cm³/mol. The molecule has 0 saturated heterocycles. The highest BCUT2D eigenvalue weighted by Gasteiger charge is 2.16. The first-order valence-corrected chi connectivity index (χ1v) is 5.92.